The van der Waals surface area contributed by atoms with Crippen LogP contribution in [0.2, 0.25) is 0 Å². The molecule has 0 bridgehead atoms. The quantitative estimate of drug-likeness (QED) is 0.848. The van der Waals surface area contributed by atoms with Gasteiger partial charge in [-0.05, 0) is 25.1 Å². The summed E-state index contributed by atoms with van der Waals surface area (Å²) in [5.74, 6) is 2.20. The molecule has 112 valence electrons. The second-order valence-corrected chi connectivity index (χ2v) is 7.32. The number of aromatic nitrogens is 1. The Morgan fingerprint density at radius 2 is 2.19 bits per heavy atom. The number of fused-ring (bicyclic) bond motifs is 1. The van der Waals surface area contributed by atoms with Gasteiger partial charge in [0.15, 0.2) is 5.13 Å². The van der Waals surface area contributed by atoms with Crippen molar-refractivity contribution >= 4 is 50.0 Å². The predicted molar refractivity (Wildman–Crippen MR) is 91.0 cm³/mol. The van der Waals surface area contributed by atoms with Crippen molar-refractivity contribution in [2.45, 2.75) is 13.0 Å². The van der Waals surface area contributed by atoms with E-state index in [2.05, 4.69) is 15.2 Å². The van der Waals surface area contributed by atoms with Gasteiger partial charge in [0.05, 0.1) is 16.3 Å². The molecule has 0 aliphatic carbocycles. The van der Waals surface area contributed by atoms with E-state index in [1.54, 1.807) is 0 Å². The zero-order valence-corrected chi connectivity index (χ0v) is 13.5. The number of carbonyl (C=O) groups excluding carboxylic acids is 1. The molecule has 1 aromatic heterocycles. The fourth-order valence-corrected chi connectivity index (χ4v) is 4.18. The van der Waals surface area contributed by atoms with Crippen LogP contribution in [-0.2, 0) is 4.79 Å². The molecular weight excluding hydrogens is 304 g/mol. The van der Waals surface area contributed by atoms with E-state index in [0.717, 1.165) is 34.8 Å². The Morgan fingerprint density at radius 3 is 2.95 bits per heavy atom. The van der Waals surface area contributed by atoms with Crippen LogP contribution >= 0.6 is 23.1 Å². The molecule has 1 aliphatic heterocycles. The van der Waals surface area contributed by atoms with Crippen LogP contribution < -0.4 is 11.1 Å². The highest BCUT2D eigenvalue weighted by molar-refractivity contribution is 7.99. The van der Waals surface area contributed by atoms with Gasteiger partial charge in [-0.1, -0.05) is 11.3 Å². The van der Waals surface area contributed by atoms with Gasteiger partial charge in [-0.3, -0.25) is 9.69 Å². The Hall–Kier alpha value is -1.31. The highest BCUT2D eigenvalue weighted by atomic mass is 32.2. The number of thiazole rings is 1. The highest BCUT2D eigenvalue weighted by Gasteiger charge is 2.23. The van der Waals surface area contributed by atoms with Gasteiger partial charge in [0.25, 0.3) is 0 Å². The molecule has 0 radical (unpaired) electrons. The Morgan fingerprint density at radius 1 is 1.43 bits per heavy atom. The SMILES string of the molecule is CC(C(=O)Nc1nc2ccc(N)cc2s1)N1CCSCC1. The fourth-order valence-electron chi connectivity index (χ4n) is 2.34. The first-order valence-electron chi connectivity index (χ1n) is 6.92. The minimum atomic E-state index is -0.122. The molecular formula is C14H18N4OS2. The van der Waals surface area contributed by atoms with Crippen LogP contribution in [-0.4, -0.2) is 46.4 Å². The number of rotatable bonds is 3. The van der Waals surface area contributed by atoms with Gasteiger partial charge >= 0.3 is 0 Å². The van der Waals surface area contributed by atoms with E-state index in [9.17, 15) is 4.79 Å². The maximum Gasteiger partial charge on any atom is 0.243 e. The van der Waals surface area contributed by atoms with Gasteiger partial charge < -0.3 is 11.1 Å². The van der Waals surface area contributed by atoms with Crippen molar-refractivity contribution in [3.05, 3.63) is 18.2 Å². The summed E-state index contributed by atoms with van der Waals surface area (Å²) < 4.78 is 0.993. The molecule has 7 heteroatoms. The molecule has 1 aromatic carbocycles. The number of nitrogens with zero attached hydrogens (tertiary/aromatic N) is 2. The van der Waals surface area contributed by atoms with Crippen molar-refractivity contribution in [1.29, 1.82) is 0 Å². The zero-order chi connectivity index (χ0) is 14.8. The Bertz CT molecular complexity index is 651. The van der Waals surface area contributed by atoms with Crippen LogP contribution in [0.15, 0.2) is 18.2 Å². The lowest BCUT2D eigenvalue weighted by molar-refractivity contribution is -0.120. The van der Waals surface area contributed by atoms with Crippen molar-refractivity contribution in [2.75, 3.05) is 35.6 Å². The number of nitrogen functional groups attached to an aromatic ring is 1. The van der Waals surface area contributed by atoms with E-state index in [1.165, 1.54) is 11.3 Å². The van der Waals surface area contributed by atoms with Crippen LogP contribution in [0.4, 0.5) is 10.8 Å². The molecule has 5 nitrogen and oxygen atoms in total. The first kappa shape index (κ1) is 14.6. The van der Waals surface area contributed by atoms with Gasteiger partial charge in [0.1, 0.15) is 0 Å². The van der Waals surface area contributed by atoms with Crippen molar-refractivity contribution in [3.8, 4) is 0 Å². The highest BCUT2D eigenvalue weighted by Crippen LogP contribution is 2.27. The van der Waals surface area contributed by atoms with Crippen molar-refractivity contribution < 1.29 is 4.79 Å². The third-order valence-corrected chi connectivity index (χ3v) is 5.49. The summed E-state index contributed by atoms with van der Waals surface area (Å²) in [7, 11) is 0. The maximum absolute atomic E-state index is 12.3. The average molecular weight is 322 g/mol. The van der Waals surface area contributed by atoms with Crippen LogP contribution in [0.25, 0.3) is 10.2 Å². The second kappa shape index (κ2) is 6.21. The molecule has 3 N–H and O–H groups in total. The van der Waals surface area contributed by atoms with E-state index in [1.807, 2.05) is 36.9 Å². The molecule has 2 heterocycles. The molecule has 1 unspecified atom stereocenters. The van der Waals surface area contributed by atoms with Gasteiger partial charge in [0.2, 0.25) is 5.91 Å². The summed E-state index contributed by atoms with van der Waals surface area (Å²) in [5, 5.41) is 3.56. The summed E-state index contributed by atoms with van der Waals surface area (Å²) in [4.78, 5) is 19.0. The Kier molecular flexibility index (Phi) is 4.32. The summed E-state index contributed by atoms with van der Waals surface area (Å²) in [6.45, 7) is 3.89. The largest absolute Gasteiger partial charge is 0.399 e. The van der Waals surface area contributed by atoms with Crippen LogP contribution in [0, 0.1) is 0 Å². The fraction of sp³-hybridized carbons (Fsp3) is 0.429. The van der Waals surface area contributed by atoms with E-state index < -0.39 is 0 Å². The number of benzene rings is 1. The summed E-state index contributed by atoms with van der Waals surface area (Å²) in [5.41, 5.74) is 7.34. The third kappa shape index (κ3) is 3.30. The Balaban J connectivity index is 1.70. The Labute approximate surface area is 131 Å². The van der Waals surface area contributed by atoms with Gasteiger partial charge in [0, 0.05) is 30.3 Å². The second-order valence-electron chi connectivity index (χ2n) is 5.06. The standard InChI is InChI=1S/C14H18N4OS2/c1-9(18-4-6-20-7-5-18)13(19)17-14-16-11-3-2-10(15)8-12(11)21-14/h2-3,8-9H,4-7,15H2,1H3,(H,16,17,19). The molecule has 1 aliphatic rings. The third-order valence-electron chi connectivity index (χ3n) is 3.62. The van der Waals surface area contributed by atoms with Crippen LogP contribution in [0.1, 0.15) is 6.92 Å². The molecule has 1 fully saturated rings. The van der Waals surface area contributed by atoms with E-state index >= 15 is 0 Å². The molecule has 1 amide bonds. The predicted octanol–water partition coefficient (Wildman–Crippen LogP) is 2.25. The molecule has 0 saturated carbocycles. The summed E-state index contributed by atoms with van der Waals surface area (Å²) in [6.07, 6.45) is 0. The molecule has 1 atom stereocenters. The normalized spacial score (nSPS) is 17.8. The smallest absolute Gasteiger partial charge is 0.243 e. The molecule has 3 rings (SSSR count). The lowest BCUT2D eigenvalue weighted by Gasteiger charge is -2.30. The van der Waals surface area contributed by atoms with Crippen molar-refractivity contribution in [3.63, 3.8) is 0 Å². The summed E-state index contributed by atoms with van der Waals surface area (Å²) >= 11 is 3.40. The van der Waals surface area contributed by atoms with Gasteiger partial charge in [-0.25, -0.2) is 4.98 Å². The lowest BCUT2D eigenvalue weighted by Crippen LogP contribution is -2.46. The van der Waals surface area contributed by atoms with Gasteiger partial charge in [-0.2, -0.15) is 11.8 Å². The lowest BCUT2D eigenvalue weighted by atomic mass is 10.2. The summed E-state index contributed by atoms with van der Waals surface area (Å²) in [6, 6.07) is 5.46. The number of anilines is 2. The number of amides is 1. The van der Waals surface area contributed by atoms with E-state index in [-0.39, 0.29) is 11.9 Å². The van der Waals surface area contributed by atoms with Crippen LogP contribution in [0.5, 0.6) is 0 Å². The average Bonchev–Trinajstić information content (AvgIpc) is 2.88. The number of hydrogen-bond acceptors (Lipinski definition) is 6. The number of nitrogens with one attached hydrogen (secondary N) is 1. The number of hydrogen-bond donors (Lipinski definition) is 2. The first-order valence-corrected chi connectivity index (χ1v) is 8.89. The first-order chi connectivity index (χ1) is 10.1. The van der Waals surface area contributed by atoms with Gasteiger partial charge in [-0.15, -0.1) is 0 Å². The number of nitrogens with two attached hydrogens (primary N) is 1. The van der Waals surface area contributed by atoms with Crippen molar-refractivity contribution in [2.24, 2.45) is 0 Å². The molecule has 21 heavy (non-hydrogen) atoms. The molecule has 1 saturated heterocycles. The van der Waals surface area contributed by atoms with Crippen molar-refractivity contribution in [1.82, 2.24) is 9.88 Å². The monoisotopic (exact) mass is 322 g/mol. The number of carbonyl (C=O) groups is 1. The van der Waals surface area contributed by atoms with Crippen LogP contribution in [0.3, 0.4) is 0 Å². The van der Waals surface area contributed by atoms with E-state index in [4.69, 9.17) is 5.73 Å². The zero-order valence-electron chi connectivity index (χ0n) is 11.8. The number of thioether (sulfide) groups is 1. The topological polar surface area (TPSA) is 71.2 Å². The molecule has 0 spiro atoms. The molecule has 2 aromatic rings. The van der Waals surface area contributed by atoms with E-state index in [0.29, 0.717) is 10.8 Å². The minimum Gasteiger partial charge on any atom is -0.399 e. The maximum atomic E-state index is 12.3. The minimum absolute atomic E-state index is 0.00827.